The zero-order valence-electron chi connectivity index (χ0n) is 19.3. The highest BCUT2D eigenvalue weighted by Gasteiger charge is 2.64. The van der Waals surface area contributed by atoms with Gasteiger partial charge in [0.25, 0.3) is 23.4 Å². The predicted molar refractivity (Wildman–Crippen MR) is 118 cm³/mol. The average Bonchev–Trinajstić information content (AvgIpc) is 3.19. The summed E-state index contributed by atoms with van der Waals surface area (Å²) in [6.45, 7) is 1.80. The van der Waals surface area contributed by atoms with Gasteiger partial charge in [0.05, 0.1) is 17.7 Å². The second kappa shape index (κ2) is 8.85. The number of amides is 1. The Bertz CT molecular complexity index is 1280. The van der Waals surface area contributed by atoms with Crippen molar-refractivity contribution >= 4 is 23.2 Å². The first-order valence-electron chi connectivity index (χ1n) is 10.9. The van der Waals surface area contributed by atoms with Gasteiger partial charge in [-0.1, -0.05) is 22.8 Å². The van der Waals surface area contributed by atoms with Crippen LogP contribution in [-0.2, 0) is 16.4 Å². The van der Waals surface area contributed by atoms with Crippen molar-refractivity contribution in [2.24, 2.45) is 5.16 Å². The normalized spacial score (nSPS) is 21.8. The van der Waals surface area contributed by atoms with E-state index >= 15 is 4.39 Å². The van der Waals surface area contributed by atoms with Gasteiger partial charge in [0, 0.05) is 42.0 Å². The minimum Gasteiger partial charge on any atom is -0.374 e. The van der Waals surface area contributed by atoms with E-state index in [-0.39, 0.29) is 16.8 Å². The van der Waals surface area contributed by atoms with Crippen molar-refractivity contribution in [3.8, 4) is 0 Å². The summed E-state index contributed by atoms with van der Waals surface area (Å²) in [6, 6.07) is 4.29. The van der Waals surface area contributed by atoms with Crippen LogP contribution in [0.15, 0.2) is 35.5 Å². The second-order valence-corrected chi connectivity index (χ2v) is 9.73. The van der Waals surface area contributed by atoms with E-state index in [1.165, 1.54) is 25.1 Å². The van der Waals surface area contributed by atoms with Gasteiger partial charge in [-0.2, -0.15) is 13.2 Å². The smallest absolute Gasteiger partial charge is 0.374 e. The number of hydrogen-bond donors (Lipinski definition) is 1. The molecule has 0 unspecified atom stereocenters. The lowest BCUT2D eigenvalue weighted by molar-refractivity contribution is -0.276. The summed E-state index contributed by atoms with van der Waals surface area (Å²) < 4.78 is 112. The number of benzene rings is 2. The summed E-state index contributed by atoms with van der Waals surface area (Å²) in [6.07, 6.45) is -7.33. The standard InChI is InChI=1S/C24H19ClF8N2O2/c1-11-5-12(3-4-15(11)20(36)34-14-8-22(29,30)9-14)18-10-23(37-35-18,24(31,32)33)17-7-13(25)6-16(19(17)26)21(2,27)28/h3-7,14H,8-10H2,1-2H3,(H,34,36)/t23-/m1/s1. The van der Waals surface area contributed by atoms with Crippen LogP contribution in [-0.4, -0.2) is 29.8 Å². The number of hydrogen-bond acceptors (Lipinski definition) is 3. The van der Waals surface area contributed by atoms with E-state index in [2.05, 4.69) is 10.5 Å². The van der Waals surface area contributed by atoms with Gasteiger partial charge < -0.3 is 10.2 Å². The third kappa shape index (κ3) is 4.99. The van der Waals surface area contributed by atoms with Crippen LogP contribution in [0.5, 0.6) is 0 Å². The Morgan fingerprint density at radius 1 is 1.14 bits per heavy atom. The molecule has 1 saturated carbocycles. The largest absolute Gasteiger partial charge is 0.435 e. The van der Waals surface area contributed by atoms with Crippen molar-refractivity contribution in [3.05, 3.63) is 69.0 Å². The third-order valence-corrected chi connectivity index (χ3v) is 6.58. The molecule has 4 nitrogen and oxygen atoms in total. The van der Waals surface area contributed by atoms with E-state index in [1.807, 2.05) is 0 Å². The Hall–Kier alpha value is -2.89. The fraction of sp³-hybridized carbons (Fsp3) is 0.417. The first-order valence-corrected chi connectivity index (χ1v) is 11.3. The molecule has 2 aromatic carbocycles. The molecule has 1 amide bonds. The lowest BCUT2D eigenvalue weighted by Crippen LogP contribution is -2.50. The Labute approximate surface area is 210 Å². The van der Waals surface area contributed by atoms with E-state index in [0.29, 0.717) is 24.6 Å². The fourth-order valence-electron chi connectivity index (χ4n) is 4.36. The Balaban J connectivity index is 1.63. The van der Waals surface area contributed by atoms with Gasteiger partial charge in [0.1, 0.15) is 5.82 Å². The van der Waals surface area contributed by atoms with Crippen LogP contribution in [0.25, 0.3) is 0 Å². The fourth-order valence-corrected chi connectivity index (χ4v) is 4.58. The number of halogens is 9. The van der Waals surface area contributed by atoms with Crippen LogP contribution in [0.3, 0.4) is 0 Å². The van der Waals surface area contributed by atoms with Gasteiger partial charge in [0.15, 0.2) is 0 Å². The highest BCUT2D eigenvalue weighted by molar-refractivity contribution is 6.30. The minimum atomic E-state index is -5.29. The maximum Gasteiger partial charge on any atom is 0.435 e. The number of carbonyl (C=O) groups excluding carboxylic acids is 1. The van der Waals surface area contributed by atoms with Crippen molar-refractivity contribution in [1.29, 1.82) is 0 Å². The zero-order valence-corrected chi connectivity index (χ0v) is 20.0. The highest BCUT2D eigenvalue weighted by Crippen LogP contribution is 2.51. The molecule has 200 valence electrons. The molecule has 1 atom stereocenters. The molecule has 0 saturated heterocycles. The van der Waals surface area contributed by atoms with Crippen LogP contribution >= 0.6 is 11.6 Å². The maximum absolute atomic E-state index is 15.0. The molecule has 2 aromatic rings. The van der Waals surface area contributed by atoms with Gasteiger partial charge in [-0.3, -0.25) is 4.79 Å². The molecule has 13 heteroatoms. The Kier molecular flexibility index (Phi) is 6.49. The van der Waals surface area contributed by atoms with Crippen molar-refractivity contribution in [2.45, 2.75) is 62.8 Å². The van der Waals surface area contributed by atoms with Crippen molar-refractivity contribution < 1.29 is 44.8 Å². The summed E-state index contributed by atoms with van der Waals surface area (Å²) in [5.41, 5.74) is -5.78. The summed E-state index contributed by atoms with van der Waals surface area (Å²) in [5, 5.41) is 5.39. The lowest BCUT2D eigenvalue weighted by Gasteiger charge is -2.35. The average molecular weight is 555 g/mol. The molecule has 1 aliphatic carbocycles. The van der Waals surface area contributed by atoms with Crippen LogP contribution in [0, 0.1) is 12.7 Å². The van der Waals surface area contributed by atoms with E-state index in [0.717, 1.165) is 0 Å². The van der Waals surface area contributed by atoms with Gasteiger partial charge in [-0.15, -0.1) is 0 Å². The minimum absolute atomic E-state index is 0.0961. The molecule has 1 N–H and O–H groups in total. The number of alkyl halides is 7. The first-order chi connectivity index (χ1) is 16.9. The van der Waals surface area contributed by atoms with E-state index in [1.54, 1.807) is 0 Å². The van der Waals surface area contributed by atoms with Crippen LogP contribution in [0.1, 0.15) is 58.8 Å². The molecule has 4 rings (SSSR count). The summed E-state index contributed by atoms with van der Waals surface area (Å²) in [7, 11) is 0. The lowest BCUT2D eigenvalue weighted by atomic mass is 9.84. The molecule has 2 aliphatic rings. The molecule has 1 aliphatic heterocycles. The molecule has 0 bridgehead atoms. The molecular formula is C24H19ClF8N2O2. The number of oxime groups is 1. The number of nitrogens with zero attached hydrogens (tertiary/aromatic N) is 1. The summed E-state index contributed by atoms with van der Waals surface area (Å²) in [4.78, 5) is 17.2. The Morgan fingerprint density at radius 3 is 2.32 bits per heavy atom. The molecular weight excluding hydrogens is 536 g/mol. The summed E-state index contributed by atoms with van der Waals surface area (Å²) >= 11 is 5.77. The van der Waals surface area contributed by atoms with Gasteiger partial charge in [-0.25, -0.2) is 22.0 Å². The quantitative estimate of drug-likeness (QED) is 0.404. The second-order valence-electron chi connectivity index (χ2n) is 9.30. The van der Waals surface area contributed by atoms with Crippen LogP contribution < -0.4 is 5.32 Å². The topological polar surface area (TPSA) is 50.7 Å². The molecule has 1 fully saturated rings. The van der Waals surface area contributed by atoms with Gasteiger partial charge in [-0.05, 0) is 42.3 Å². The van der Waals surface area contributed by atoms with Crippen molar-refractivity contribution in [2.75, 3.05) is 0 Å². The first kappa shape index (κ1) is 27.2. The van der Waals surface area contributed by atoms with Crippen LogP contribution in [0.4, 0.5) is 35.1 Å². The predicted octanol–water partition coefficient (Wildman–Crippen LogP) is 7.01. The number of carbonyl (C=O) groups is 1. The maximum atomic E-state index is 15.0. The van der Waals surface area contributed by atoms with E-state index < -0.39 is 76.8 Å². The molecule has 0 spiro atoms. The van der Waals surface area contributed by atoms with Crippen molar-refractivity contribution in [1.82, 2.24) is 5.32 Å². The van der Waals surface area contributed by atoms with Crippen molar-refractivity contribution in [3.63, 3.8) is 0 Å². The van der Waals surface area contributed by atoms with E-state index in [9.17, 15) is 35.5 Å². The monoisotopic (exact) mass is 554 g/mol. The van der Waals surface area contributed by atoms with Crippen LogP contribution in [0.2, 0.25) is 5.02 Å². The molecule has 0 radical (unpaired) electrons. The number of nitrogens with one attached hydrogen (secondary N) is 1. The summed E-state index contributed by atoms with van der Waals surface area (Å²) in [5.74, 6) is -9.12. The number of rotatable bonds is 5. The number of aryl methyl sites for hydroxylation is 1. The molecule has 1 heterocycles. The van der Waals surface area contributed by atoms with Gasteiger partial charge in [0.2, 0.25) is 0 Å². The molecule has 0 aromatic heterocycles. The SMILES string of the molecule is Cc1cc(C2=NO[C@](c3cc(Cl)cc(C(C)(F)F)c3F)(C(F)(F)F)C2)ccc1C(=O)NC1CC(F)(F)C1. The van der Waals surface area contributed by atoms with E-state index in [4.69, 9.17) is 16.4 Å². The zero-order chi connectivity index (χ0) is 27.6. The highest BCUT2D eigenvalue weighted by atomic mass is 35.5. The molecule has 37 heavy (non-hydrogen) atoms. The van der Waals surface area contributed by atoms with Gasteiger partial charge >= 0.3 is 6.18 Å². The third-order valence-electron chi connectivity index (χ3n) is 6.36. The Morgan fingerprint density at radius 2 is 1.78 bits per heavy atom.